The van der Waals surface area contributed by atoms with E-state index in [9.17, 15) is 4.79 Å². The first-order valence-electron chi connectivity index (χ1n) is 6.95. The molecule has 1 atom stereocenters. The van der Waals surface area contributed by atoms with E-state index in [0.717, 1.165) is 18.0 Å². The molecule has 1 aromatic carbocycles. The summed E-state index contributed by atoms with van der Waals surface area (Å²) in [6.45, 7) is 6.36. The summed E-state index contributed by atoms with van der Waals surface area (Å²) >= 11 is 5.91. The van der Waals surface area contributed by atoms with Crippen molar-refractivity contribution in [1.82, 2.24) is 9.80 Å². The number of halogens is 1. The number of hydrogen-bond acceptors (Lipinski definition) is 2. The molecular weight excluding hydrogens is 276 g/mol. The molecule has 20 heavy (non-hydrogen) atoms. The van der Waals surface area contributed by atoms with E-state index >= 15 is 0 Å². The number of carbonyl (C=O) groups is 1. The zero-order valence-electron chi connectivity index (χ0n) is 11.9. The second kappa shape index (κ2) is 6.46. The van der Waals surface area contributed by atoms with Gasteiger partial charge in [0.25, 0.3) is 0 Å². The van der Waals surface area contributed by atoms with Gasteiger partial charge in [0.05, 0.1) is 0 Å². The lowest BCUT2D eigenvalue weighted by Crippen LogP contribution is -2.42. The largest absolute Gasteiger partial charge is 0.465 e. The Kier molecular flexibility index (Phi) is 4.89. The lowest BCUT2D eigenvalue weighted by atomic mass is 10.1. The zero-order chi connectivity index (χ0) is 14.7. The molecule has 1 unspecified atom stereocenters. The normalized spacial score (nSPS) is 19.1. The molecule has 1 aliphatic rings. The topological polar surface area (TPSA) is 43.8 Å². The van der Waals surface area contributed by atoms with Gasteiger partial charge in [0, 0.05) is 36.7 Å². The first-order chi connectivity index (χ1) is 9.47. The Hall–Kier alpha value is -1.26. The van der Waals surface area contributed by atoms with E-state index < -0.39 is 6.09 Å². The lowest BCUT2D eigenvalue weighted by molar-refractivity contribution is 0.130. The quantitative estimate of drug-likeness (QED) is 0.927. The van der Waals surface area contributed by atoms with Crippen LogP contribution >= 0.6 is 11.6 Å². The van der Waals surface area contributed by atoms with Crippen LogP contribution in [-0.4, -0.2) is 46.2 Å². The van der Waals surface area contributed by atoms with Gasteiger partial charge >= 0.3 is 6.09 Å². The van der Waals surface area contributed by atoms with Crippen molar-refractivity contribution >= 4 is 17.7 Å². The molecule has 1 heterocycles. The third-order valence-corrected chi connectivity index (χ3v) is 4.10. The van der Waals surface area contributed by atoms with Crippen molar-refractivity contribution in [2.45, 2.75) is 38.9 Å². The Labute approximate surface area is 124 Å². The first kappa shape index (κ1) is 15.1. The molecule has 1 fully saturated rings. The molecule has 0 aromatic heterocycles. The van der Waals surface area contributed by atoms with E-state index in [4.69, 9.17) is 16.7 Å². The summed E-state index contributed by atoms with van der Waals surface area (Å²) in [5.41, 5.74) is 1.21. The van der Waals surface area contributed by atoms with Gasteiger partial charge < -0.3 is 10.0 Å². The van der Waals surface area contributed by atoms with E-state index in [-0.39, 0.29) is 0 Å². The molecule has 1 N–H and O–H groups in total. The number of carboxylic acid groups (broad SMARTS) is 1. The summed E-state index contributed by atoms with van der Waals surface area (Å²) < 4.78 is 0. The summed E-state index contributed by atoms with van der Waals surface area (Å²) in [6.07, 6.45) is 0.0839. The molecule has 5 heteroatoms. The highest BCUT2D eigenvalue weighted by Crippen LogP contribution is 2.21. The molecule has 2 rings (SSSR count). The molecule has 0 saturated carbocycles. The fourth-order valence-electron chi connectivity index (χ4n) is 2.72. The van der Waals surface area contributed by atoms with Crippen molar-refractivity contribution in [3.63, 3.8) is 0 Å². The molecular formula is C15H21ClN2O2. The number of rotatable bonds is 4. The molecule has 1 amide bonds. The van der Waals surface area contributed by atoms with Crippen LogP contribution in [0.1, 0.15) is 25.8 Å². The van der Waals surface area contributed by atoms with E-state index in [1.54, 1.807) is 0 Å². The molecule has 0 aliphatic carbocycles. The molecule has 0 bridgehead atoms. The maximum Gasteiger partial charge on any atom is 0.407 e. The van der Waals surface area contributed by atoms with Crippen LogP contribution in [-0.2, 0) is 6.54 Å². The van der Waals surface area contributed by atoms with Gasteiger partial charge in [-0.15, -0.1) is 0 Å². The minimum Gasteiger partial charge on any atom is -0.465 e. The second-order valence-corrected chi connectivity index (χ2v) is 6.00. The third kappa shape index (κ3) is 3.64. The number of likely N-dealkylation sites (tertiary alicyclic amines) is 1. The van der Waals surface area contributed by atoms with Crippen LogP contribution < -0.4 is 0 Å². The van der Waals surface area contributed by atoms with E-state index in [1.807, 2.05) is 24.3 Å². The summed E-state index contributed by atoms with van der Waals surface area (Å²) in [4.78, 5) is 14.9. The van der Waals surface area contributed by atoms with Gasteiger partial charge in [0.15, 0.2) is 0 Å². The van der Waals surface area contributed by atoms with Crippen LogP contribution in [0.5, 0.6) is 0 Å². The zero-order valence-corrected chi connectivity index (χ0v) is 12.7. The van der Waals surface area contributed by atoms with Crippen LogP contribution in [0.25, 0.3) is 0 Å². The van der Waals surface area contributed by atoms with Crippen molar-refractivity contribution in [3.8, 4) is 0 Å². The summed E-state index contributed by atoms with van der Waals surface area (Å²) in [5.74, 6) is 0. The van der Waals surface area contributed by atoms with Crippen molar-refractivity contribution in [2.24, 2.45) is 0 Å². The average molecular weight is 297 g/mol. The number of amides is 1. The maximum atomic E-state index is 11.0. The Bertz CT molecular complexity index is 461. The van der Waals surface area contributed by atoms with Gasteiger partial charge in [-0.2, -0.15) is 0 Å². The Morgan fingerprint density at radius 3 is 2.60 bits per heavy atom. The fraction of sp³-hybridized carbons (Fsp3) is 0.533. The average Bonchev–Trinajstić information content (AvgIpc) is 2.87. The molecule has 110 valence electrons. The van der Waals surface area contributed by atoms with Gasteiger partial charge in [-0.05, 0) is 38.0 Å². The van der Waals surface area contributed by atoms with Crippen LogP contribution in [0.15, 0.2) is 24.3 Å². The molecule has 0 radical (unpaired) electrons. The highest BCUT2D eigenvalue weighted by atomic mass is 35.5. The van der Waals surface area contributed by atoms with Crippen LogP contribution in [0, 0.1) is 0 Å². The van der Waals surface area contributed by atoms with Crippen LogP contribution in [0.3, 0.4) is 0 Å². The third-order valence-electron chi connectivity index (χ3n) is 3.84. The standard InChI is InChI=1S/C15H21ClN2O2/c1-11(2)18(9-12-3-5-13(16)6-4-12)14-7-8-17(10-14)15(19)20/h3-6,11,14H,7-10H2,1-2H3,(H,19,20). The van der Waals surface area contributed by atoms with Crippen molar-refractivity contribution < 1.29 is 9.90 Å². The van der Waals surface area contributed by atoms with Crippen molar-refractivity contribution in [1.29, 1.82) is 0 Å². The van der Waals surface area contributed by atoms with Gasteiger partial charge in [-0.1, -0.05) is 23.7 Å². The SMILES string of the molecule is CC(C)N(Cc1ccc(Cl)cc1)C1CCN(C(=O)O)C1. The van der Waals surface area contributed by atoms with Crippen molar-refractivity contribution in [3.05, 3.63) is 34.9 Å². The summed E-state index contributed by atoms with van der Waals surface area (Å²) in [6, 6.07) is 8.52. The van der Waals surface area contributed by atoms with E-state index in [1.165, 1.54) is 10.5 Å². The Morgan fingerprint density at radius 2 is 2.10 bits per heavy atom. The number of benzene rings is 1. The number of hydrogen-bond donors (Lipinski definition) is 1. The molecule has 1 aliphatic heterocycles. The summed E-state index contributed by atoms with van der Waals surface area (Å²) in [7, 11) is 0. The van der Waals surface area contributed by atoms with Gasteiger partial charge in [0.1, 0.15) is 0 Å². The highest BCUT2D eigenvalue weighted by molar-refractivity contribution is 6.30. The first-order valence-corrected chi connectivity index (χ1v) is 7.33. The Balaban J connectivity index is 2.04. The smallest absolute Gasteiger partial charge is 0.407 e. The van der Waals surface area contributed by atoms with Gasteiger partial charge in [-0.3, -0.25) is 4.90 Å². The molecule has 1 saturated heterocycles. The molecule has 1 aromatic rings. The highest BCUT2D eigenvalue weighted by Gasteiger charge is 2.31. The van der Waals surface area contributed by atoms with Gasteiger partial charge in [-0.25, -0.2) is 4.79 Å². The van der Waals surface area contributed by atoms with Gasteiger partial charge in [0.2, 0.25) is 0 Å². The monoisotopic (exact) mass is 296 g/mol. The predicted molar refractivity (Wildman–Crippen MR) is 80.1 cm³/mol. The molecule has 4 nitrogen and oxygen atoms in total. The Morgan fingerprint density at radius 1 is 1.45 bits per heavy atom. The fourth-order valence-corrected chi connectivity index (χ4v) is 2.85. The summed E-state index contributed by atoms with van der Waals surface area (Å²) in [5, 5.41) is 9.80. The second-order valence-electron chi connectivity index (χ2n) is 5.56. The van der Waals surface area contributed by atoms with E-state index in [0.29, 0.717) is 25.2 Å². The lowest BCUT2D eigenvalue weighted by Gasteiger charge is -2.32. The minimum absolute atomic E-state index is 0.293. The van der Waals surface area contributed by atoms with Crippen LogP contribution in [0.4, 0.5) is 4.79 Å². The van der Waals surface area contributed by atoms with Crippen molar-refractivity contribution in [2.75, 3.05) is 13.1 Å². The van der Waals surface area contributed by atoms with Crippen LogP contribution in [0.2, 0.25) is 5.02 Å². The molecule has 0 spiro atoms. The minimum atomic E-state index is -0.817. The predicted octanol–water partition coefficient (Wildman–Crippen LogP) is 3.30. The maximum absolute atomic E-state index is 11.0. The van der Waals surface area contributed by atoms with E-state index in [2.05, 4.69) is 18.7 Å². The number of nitrogens with zero attached hydrogens (tertiary/aromatic N) is 2.